The third-order valence-electron chi connectivity index (χ3n) is 3.29. The van der Waals surface area contributed by atoms with E-state index in [9.17, 15) is 13.2 Å². The summed E-state index contributed by atoms with van der Waals surface area (Å²) in [4.78, 5) is 0. The van der Waals surface area contributed by atoms with Gasteiger partial charge in [0.1, 0.15) is 0 Å². The Balaban J connectivity index is 2.13. The second-order valence-corrected chi connectivity index (χ2v) is 4.75. The zero-order chi connectivity index (χ0) is 15.5. The Labute approximate surface area is 120 Å². The van der Waals surface area contributed by atoms with Crippen molar-refractivity contribution in [1.82, 2.24) is 15.2 Å². The molecule has 0 spiro atoms. The molecule has 1 heterocycles. The summed E-state index contributed by atoms with van der Waals surface area (Å²) in [5.74, 6) is 5.52. The van der Waals surface area contributed by atoms with E-state index < -0.39 is 11.7 Å². The first-order valence-corrected chi connectivity index (χ1v) is 6.58. The van der Waals surface area contributed by atoms with Crippen LogP contribution in [0.25, 0.3) is 0 Å². The van der Waals surface area contributed by atoms with Crippen LogP contribution in [0.4, 0.5) is 13.2 Å². The second-order valence-electron chi connectivity index (χ2n) is 4.75. The summed E-state index contributed by atoms with van der Waals surface area (Å²) in [5.41, 5.74) is 3.64. The second kappa shape index (κ2) is 6.28. The fraction of sp³-hybridized carbons (Fsp3) is 0.357. The third-order valence-corrected chi connectivity index (χ3v) is 3.29. The van der Waals surface area contributed by atoms with Gasteiger partial charge in [-0.2, -0.15) is 18.3 Å². The largest absolute Gasteiger partial charge is 0.416 e. The van der Waals surface area contributed by atoms with Gasteiger partial charge in [-0.1, -0.05) is 12.1 Å². The molecule has 0 saturated heterocycles. The maximum absolute atomic E-state index is 12.5. The van der Waals surface area contributed by atoms with Crippen LogP contribution in [0, 0.1) is 0 Å². The Morgan fingerprint density at radius 2 is 1.95 bits per heavy atom. The lowest BCUT2D eigenvalue weighted by atomic mass is 10.00. The van der Waals surface area contributed by atoms with Crippen LogP contribution < -0.4 is 11.3 Å². The summed E-state index contributed by atoms with van der Waals surface area (Å²) in [6.07, 6.45) is -0.138. The predicted molar refractivity (Wildman–Crippen MR) is 73.1 cm³/mol. The molecule has 0 aliphatic heterocycles. The standard InChI is InChI=1S/C14H17F3N4/c1-2-21-9-10(8-19-21)7-13(20-18)11-3-5-12(6-4-11)14(15,16)17/h3-6,8-9,13,20H,2,7,18H2,1H3. The molecular weight excluding hydrogens is 281 g/mol. The first-order valence-electron chi connectivity index (χ1n) is 6.58. The van der Waals surface area contributed by atoms with Crippen molar-refractivity contribution >= 4 is 0 Å². The van der Waals surface area contributed by atoms with Crippen LogP contribution in [0.15, 0.2) is 36.7 Å². The Morgan fingerprint density at radius 1 is 1.29 bits per heavy atom. The normalized spacial score (nSPS) is 13.4. The van der Waals surface area contributed by atoms with Crippen LogP contribution in [0.2, 0.25) is 0 Å². The number of hydrazine groups is 1. The van der Waals surface area contributed by atoms with Crippen LogP contribution in [-0.4, -0.2) is 9.78 Å². The number of rotatable bonds is 5. The van der Waals surface area contributed by atoms with Crippen molar-refractivity contribution in [1.29, 1.82) is 0 Å². The molecule has 3 N–H and O–H groups in total. The number of nitrogens with two attached hydrogens (primary N) is 1. The number of nitrogens with one attached hydrogen (secondary N) is 1. The number of hydrogen-bond donors (Lipinski definition) is 2. The Morgan fingerprint density at radius 3 is 2.43 bits per heavy atom. The quantitative estimate of drug-likeness (QED) is 0.659. The van der Waals surface area contributed by atoms with Crippen molar-refractivity contribution in [3.8, 4) is 0 Å². The van der Waals surface area contributed by atoms with Gasteiger partial charge in [-0.15, -0.1) is 0 Å². The van der Waals surface area contributed by atoms with Gasteiger partial charge in [0, 0.05) is 12.7 Å². The van der Waals surface area contributed by atoms with Crippen molar-refractivity contribution < 1.29 is 13.2 Å². The molecule has 0 aliphatic carbocycles. The van der Waals surface area contributed by atoms with Crippen molar-refractivity contribution in [2.24, 2.45) is 5.84 Å². The molecule has 0 aliphatic rings. The van der Waals surface area contributed by atoms with Gasteiger partial charge in [0.15, 0.2) is 0 Å². The summed E-state index contributed by atoms with van der Waals surface area (Å²) in [5, 5.41) is 4.16. The maximum atomic E-state index is 12.5. The highest BCUT2D eigenvalue weighted by atomic mass is 19.4. The number of nitrogens with zero attached hydrogens (tertiary/aromatic N) is 2. The monoisotopic (exact) mass is 298 g/mol. The highest BCUT2D eigenvalue weighted by Gasteiger charge is 2.30. The zero-order valence-corrected chi connectivity index (χ0v) is 11.6. The molecule has 7 heteroatoms. The predicted octanol–water partition coefficient (Wildman–Crippen LogP) is 2.67. The molecule has 4 nitrogen and oxygen atoms in total. The summed E-state index contributed by atoms with van der Waals surface area (Å²) >= 11 is 0. The molecule has 0 saturated carbocycles. The minimum absolute atomic E-state index is 0.262. The Kier molecular flexibility index (Phi) is 4.64. The molecule has 1 aromatic heterocycles. The smallest absolute Gasteiger partial charge is 0.273 e. The summed E-state index contributed by atoms with van der Waals surface area (Å²) in [6, 6.07) is 4.75. The highest BCUT2D eigenvalue weighted by Crippen LogP contribution is 2.30. The van der Waals surface area contributed by atoms with Crippen molar-refractivity contribution in [2.45, 2.75) is 32.1 Å². The summed E-state index contributed by atoms with van der Waals surface area (Å²) in [7, 11) is 0. The number of aromatic nitrogens is 2. The molecule has 21 heavy (non-hydrogen) atoms. The first kappa shape index (κ1) is 15.5. The van der Waals surface area contributed by atoms with Crippen LogP contribution in [0.1, 0.15) is 29.7 Å². The van der Waals surface area contributed by atoms with Crippen molar-refractivity contribution in [3.05, 3.63) is 53.3 Å². The average molecular weight is 298 g/mol. The van der Waals surface area contributed by atoms with Gasteiger partial charge in [-0.3, -0.25) is 16.0 Å². The van der Waals surface area contributed by atoms with Gasteiger partial charge in [0.2, 0.25) is 0 Å². The number of hydrogen-bond acceptors (Lipinski definition) is 3. The number of benzene rings is 1. The molecule has 0 amide bonds. The SMILES string of the molecule is CCn1cc(CC(NN)c2ccc(C(F)(F)F)cc2)cn1. The van der Waals surface area contributed by atoms with Gasteiger partial charge >= 0.3 is 6.18 Å². The van der Waals surface area contributed by atoms with Gasteiger partial charge in [-0.25, -0.2) is 0 Å². The molecule has 0 bridgehead atoms. The van der Waals surface area contributed by atoms with Crippen LogP contribution in [0.3, 0.4) is 0 Å². The minimum atomic E-state index is -4.33. The molecule has 1 atom stereocenters. The topological polar surface area (TPSA) is 55.9 Å². The maximum Gasteiger partial charge on any atom is 0.416 e. The lowest BCUT2D eigenvalue weighted by Crippen LogP contribution is -2.29. The molecule has 114 valence electrons. The average Bonchev–Trinajstić information content (AvgIpc) is 2.92. The van der Waals surface area contributed by atoms with Gasteiger partial charge in [0.05, 0.1) is 17.8 Å². The third kappa shape index (κ3) is 3.83. The fourth-order valence-electron chi connectivity index (χ4n) is 2.10. The van der Waals surface area contributed by atoms with Crippen molar-refractivity contribution in [3.63, 3.8) is 0 Å². The van der Waals surface area contributed by atoms with E-state index in [0.717, 1.165) is 24.2 Å². The molecule has 1 unspecified atom stereocenters. The van der Waals surface area contributed by atoms with Gasteiger partial charge in [0.25, 0.3) is 0 Å². The fourth-order valence-corrected chi connectivity index (χ4v) is 2.10. The Hall–Kier alpha value is -1.86. The van der Waals surface area contributed by atoms with E-state index in [4.69, 9.17) is 5.84 Å². The van der Waals surface area contributed by atoms with E-state index in [1.807, 2.05) is 13.1 Å². The van der Waals surface area contributed by atoms with E-state index in [1.165, 1.54) is 12.1 Å². The number of halogens is 3. The van der Waals surface area contributed by atoms with E-state index in [1.54, 1.807) is 10.9 Å². The van der Waals surface area contributed by atoms with E-state index in [2.05, 4.69) is 10.5 Å². The first-order chi connectivity index (χ1) is 9.94. The van der Waals surface area contributed by atoms with Crippen LogP contribution >= 0.6 is 0 Å². The number of alkyl halides is 3. The minimum Gasteiger partial charge on any atom is -0.273 e. The van der Waals surface area contributed by atoms with Crippen LogP contribution in [0.5, 0.6) is 0 Å². The summed E-state index contributed by atoms with van der Waals surface area (Å²) < 4.78 is 39.4. The lowest BCUT2D eigenvalue weighted by Gasteiger charge is -2.16. The van der Waals surface area contributed by atoms with E-state index in [-0.39, 0.29) is 6.04 Å². The highest BCUT2D eigenvalue weighted by molar-refractivity contribution is 5.28. The zero-order valence-electron chi connectivity index (χ0n) is 11.6. The summed E-state index contributed by atoms with van der Waals surface area (Å²) in [6.45, 7) is 2.74. The van der Waals surface area contributed by atoms with E-state index >= 15 is 0 Å². The van der Waals surface area contributed by atoms with Gasteiger partial charge in [-0.05, 0) is 36.6 Å². The Bertz CT molecular complexity index is 575. The van der Waals surface area contributed by atoms with Crippen LogP contribution in [-0.2, 0) is 19.1 Å². The number of aryl methyl sites for hydroxylation is 1. The molecule has 0 radical (unpaired) electrons. The van der Waals surface area contributed by atoms with Crippen molar-refractivity contribution in [2.75, 3.05) is 0 Å². The molecular formula is C14H17F3N4. The molecule has 1 aromatic carbocycles. The molecule has 0 fully saturated rings. The molecule has 2 rings (SSSR count). The van der Waals surface area contributed by atoms with Gasteiger partial charge < -0.3 is 0 Å². The van der Waals surface area contributed by atoms with E-state index in [0.29, 0.717) is 12.0 Å². The molecule has 2 aromatic rings. The lowest BCUT2D eigenvalue weighted by molar-refractivity contribution is -0.137.